The predicted molar refractivity (Wildman–Crippen MR) is 61.9 cm³/mol. The molecule has 0 fully saturated rings. The fraction of sp³-hybridized carbons (Fsp3) is 0.500. The average molecular weight is 211 g/mol. The Bertz CT molecular complexity index is 322. The highest BCUT2D eigenvalue weighted by molar-refractivity contribution is 7.14. The van der Waals surface area contributed by atoms with Crippen molar-refractivity contribution < 1.29 is 0 Å². The zero-order valence-corrected chi connectivity index (χ0v) is 9.66. The smallest absolute Gasteiger partial charge is 0.133 e. The van der Waals surface area contributed by atoms with Crippen molar-refractivity contribution in [2.45, 2.75) is 32.9 Å². The van der Waals surface area contributed by atoms with Gasteiger partial charge in [-0.1, -0.05) is 0 Å². The molecule has 0 spiro atoms. The van der Waals surface area contributed by atoms with Crippen LogP contribution < -0.4 is 11.1 Å². The van der Waals surface area contributed by atoms with Crippen LogP contribution in [0.15, 0.2) is 12.1 Å². The van der Waals surface area contributed by atoms with E-state index in [1.807, 2.05) is 12.1 Å². The Balaban J connectivity index is 2.56. The largest absolute Gasteiger partial charge is 0.383 e. The van der Waals surface area contributed by atoms with E-state index in [2.05, 4.69) is 26.1 Å². The highest BCUT2D eigenvalue weighted by atomic mass is 32.1. The van der Waals surface area contributed by atoms with Crippen molar-refractivity contribution in [3.05, 3.63) is 21.9 Å². The first-order chi connectivity index (χ1) is 6.38. The first-order valence-corrected chi connectivity index (χ1v) is 5.38. The summed E-state index contributed by atoms with van der Waals surface area (Å²) in [4.78, 5) is 2.06. The van der Waals surface area contributed by atoms with E-state index in [-0.39, 0.29) is 11.4 Å². The number of thiophene rings is 1. The molecule has 0 aliphatic carbocycles. The third-order valence-electron chi connectivity index (χ3n) is 1.72. The van der Waals surface area contributed by atoms with E-state index < -0.39 is 0 Å². The minimum atomic E-state index is 0.125. The summed E-state index contributed by atoms with van der Waals surface area (Å²) >= 11 is 1.57. The van der Waals surface area contributed by atoms with E-state index in [0.717, 1.165) is 11.4 Å². The molecule has 0 amide bonds. The number of nitrogens with two attached hydrogens (primary N) is 1. The fourth-order valence-electron chi connectivity index (χ4n) is 0.970. The number of nitrogens with one attached hydrogen (secondary N) is 2. The normalized spacial score (nSPS) is 11.6. The number of hydrogen-bond acceptors (Lipinski definition) is 3. The van der Waals surface area contributed by atoms with Crippen LogP contribution in [0, 0.1) is 5.41 Å². The maximum Gasteiger partial charge on any atom is 0.133 e. The maximum absolute atomic E-state index is 7.27. The molecular formula is C10H17N3S. The van der Waals surface area contributed by atoms with Crippen LogP contribution in [-0.4, -0.2) is 11.4 Å². The maximum atomic E-state index is 7.27. The van der Waals surface area contributed by atoms with Gasteiger partial charge in [0.25, 0.3) is 0 Å². The summed E-state index contributed by atoms with van der Waals surface area (Å²) in [6.07, 6.45) is 0. The molecule has 0 saturated carbocycles. The van der Waals surface area contributed by atoms with Gasteiger partial charge in [0.15, 0.2) is 0 Å². The van der Waals surface area contributed by atoms with Crippen molar-refractivity contribution in [1.29, 1.82) is 5.41 Å². The molecule has 4 N–H and O–H groups in total. The Kier molecular flexibility index (Phi) is 3.29. The van der Waals surface area contributed by atoms with Gasteiger partial charge in [-0.15, -0.1) is 11.3 Å². The Labute approximate surface area is 88.8 Å². The summed E-state index contributed by atoms with van der Waals surface area (Å²) < 4.78 is 0. The fourth-order valence-corrected chi connectivity index (χ4v) is 1.78. The van der Waals surface area contributed by atoms with E-state index in [9.17, 15) is 0 Å². The van der Waals surface area contributed by atoms with Gasteiger partial charge < -0.3 is 11.1 Å². The molecule has 1 aromatic heterocycles. The molecule has 14 heavy (non-hydrogen) atoms. The lowest BCUT2D eigenvalue weighted by atomic mass is 10.1. The van der Waals surface area contributed by atoms with Crippen molar-refractivity contribution in [3.8, 4) is 0 Å². The Morgan fingerprint density at radius 1 is 1.50 bits per heavy atom. The van der Waals surface area contributed by atoms with Gasteiger partial charge in [0, 0.05) is 17.0 Å². The van der Waals surface area contributed by atoms with Crippen LogP contribution in [0.5, 0.6) is 0 Å². The molecule has 1 aromatic rings. The van der Waals surface area contributed by atoms with Gasteiger partial charge in [-0.25, -0.2) is 0 Å². The van der Waals surface area contributed by atoms with Crippen LogP contribution in [0.1, 0.15) is 30.5 Å². The Hall–Kier alpha value is -0.870. The third kappa shape index (κ3) is 3.47. The highest BCUT2D eigenvalue weighted by Gasteiger charge is 2.09. The summed E-state index contributed by atoms with van der Waals surface area (Å²) in [6, 6.07) is 3.91. The molecule has 0 aliphatic rings. The van der Waals surface area contributed by atoms with Gasteiger partial charge >= 0.3 is 0 Å². The molecular weight excluding hydrogens is 194 g/mol. The zero-order chi connectivity index (χ0) is 10.8. The monoisotopic (exact) mass is 211 g/mol. The Morgan fingerprint density at radius 2 is 2.14 bits per heavy atom. The first-order valence-electron chi connectivity index (χ1n) is 4.56. The second-order valence-corrected chi connectivity index (χ2v) is 5.45. The number of rotatable bonds is 3. The summed E-state index contributed by atoms with van der Waals surface area (Å²) in [5.41, 5.74) is 5.51. The quantitative estimate of drug-likeness (QED) is 0.528. The van der Waals surface area contributed by atoms with Gasteiger partial charge in [0.1, 0.15) is 5.84 Å². The van der Waals surface area contributed by atoms with Crippen molar-refractivity contribution in [1.82, 2.24) is 5.32 Å². The molecule has 0 radical (unpaired) electrons. The molecule has 1 rings (SSSR count). The Morgan fingerprint density at radius 3 is 2.57 bits per heavy atom. The second kappa shape index (κ2) is 4.11. The minimum absolute atomic E-state index is 0.125. The van der Waals surface area contributed by atoms with Gasteiger partial charge in [-0.05, 0) is 32.9 Å². The number of hydrogen-bond donors (Lipinski definition) is 3. The second-order valence-electron chi connectivity index (χ2n) is 4.28. The number of nitrogen functional groups attached to an aromatic ring is 1. The van der Waals surface area contributed by atoms with E-state index in [1.165, 1.54) is 4.88 Å². The number of amidine groups is 1. The minimum Gasteiger partial charge on any atom is -0.383 e. The van der Waals surface area contributed by atoms with Gasteiger partial charge in [-0.3, -0.25) is 5.41 Å². The lowest BCUT2D eigenvalue weighted by Crippen LogP contribution is -2.34. The van der Waals surface area contributed by atoms with Crippen LogP contribution in [0.2, 0.25) is 0 Å². The molecule has 0 saturated heterocycles. The van der Waals surface area contributed by atoms with E-state index in [1.54, 1.807) is 11.3 Å². The molecule has 0 aromatic carbocycles. The topological polar surface area (TPSA) is 61.9 Å². The lowest BCUT2D eigenvalue weighted by molar-refractivity contribution is 0.426. The molecule has 4 heteroatoms. The molecule has 0 atom stereocenters. The summed E-state index contributed by atoms with van der Waals surface area (Å²) in [7, 11) is 0. The molecule has 0 aliphatic heterocycles. The van der Waals surface area contributed by atoms with Crippen LogP contribution >= 0.6 is 11.3 Å². The SMILES string of the molecule is CC(C)(C)NCc1ccc(C(=N)N)s1. The van der Waals surface area contributed by atoms with E-state index in [0.29, 0.717) is 0 Å². The van der Waals surface area contributed by atoms with Crippen molar-refractivity contribution in [2.24, 2.45) is 5.73 Å². The van der Waals surface area contributed by atoms with Crippen molar-refractivity contribution in [3.63, 3.8) is 0 Å². The zero-order valence-electron chi connectivity index (χ0n) is 8.85. The van der Waals surface area contributed by atoms with Crippen molar-refractivity contribution >= 4 is 17.2 Å². The molecule has 0 unspecified atom stereocenters. The summed E-state index contributed by atoms with van der Waals surface area (Å²) in [5.74, 6) is 0.150. The first kappa shape index (κ1) is 11.2. The summed E-state index contributed by atoms with van der Waals surface area (Å²) in [5, 5.41) is 10.7. The van der Waals surface area contributed by atoms with Gasteiger partial charge in [0.05, 0.1) is 4.88 Å². The van der Waals surface area contributed by atoms with Crippen LogP contribution in [0.4, 0.5) is 0 Å². The standard InChI is InChI=1S/C10H17N3S/c1-10(2,3)13-6-7-4-5-8(14-7)9(11)12/h4-5,13H,6H2,1-3H3,(H3,11,12). The summed E-state index contributed by atoms with van der Waals surface area (Å²) in [6.45, 7) is 7.23. The van der Waals surface area contributed by atoms with Gasteiger partial charge in [0.2, 0.25) is 0 Å². The molecule has 3 nitrogen and oxygen atoms in total. The van der Waals surface area contributed by atoms with Crippen LogP contribution in [-0.2, 0) is 6.54 Å². The molecule has 78 valence electrons. The van der Waals surface area contributed by atoms with Crippen LogP contribution in [0.3, 0.4) is 0 Å². The third-order valence-corrected chi connectivity index (χ3v) is 2.84. The predicted octanol–water partition coefficient (Wildman–Crippen LogP) is 1.92. The van der Waals surface area contributed by atoms with E-state index in [4.69, 9.17) is 11.1 Å². The average Bonchev–Trinajstić information content (AvgIpc) is 2.47. The highest BCUT2D eigenvalue weighted by Crippen LogP contribution is 2.16. The molecule has 1 heterocycles. The molecule has 0 bridgehead atoms. The van der Waals surface area contributed by atoms with Gasteiger partial charge in [-0.2, -0.15) is 0 Å². The van der Waals surface area contributed by atoms with E-state index >= 15 is 0 Å². The van der Waals surface area contributed by atoms with Crippen LogP contribution in [0.25, 0.3) is 0 Å². The van der Waals surface area contributed by atoms with Crippen molar-refractivity contribution in [2.75, 3.05) is 0 Å². The lowest BCUT2D eigenvalue weighted by Gasteiger charge is -2.19.